The Hall–Kier alpha value is -4.04. The molecular formula is C30H44O14. The zero-order valence-corrected chi connectivity index (χ0v) is 26.5. The van der Waals surface area contributed by atoms with Crippen LogP contribution in [0.25, 0.3) is 0 Å². The summed E-state index contributed by atoms with van der Waals surface area (Å²) in [7, 11) is 0. The van der Waals surface area contributed by atoms with Crippen molar-refractivity contribution in [2.75, 3.05) is 19.8 Å². The van der Waals surface area contributed by atoms with Crippen molar-refractivity contribution in [2.24, 2.45) is 0 Å². The lowest BCUT2D eigenvalue weighted by Crippen LogP contribution is -2.63. The van der Waals surface area contributed by atoms with Crippen LogP contribution in [0.3, 0.4) is 0 Å². The van der Waals surface area contributed by atoms with E-state index in [1.165, 1.54) is 0 Å². The highest BCUT2D eigenvalue weighted by Crippen LogP contribution is 2.30. The van der Waals surface area contributed by atoms with Gasteiger partial charge >= 0.3 is 29.8 Å². The number of para-hydroxylation sites is 1. The standard InChI is InChI=1S/C16H22O11.C10H12O2.C4H10O/c1-7(17)22-6-12-13(23-8(2)18)14(24-9(3)19)15(25-10(4)20)16(27-12)26-11(5)21;1-8(11)6-7-9-4-2-3-5-10(9)12;1-3-5-4-2/h12-16H,6H2,1-5H3;2-5,12H,6-7H2,1H3;3-4H2,1-2H3/t12-,13+,14+,15-,16-;;/m1../s1. The number of benzene rings is 1. The molecule has 14 nitrogen and oxygen atoms in total. The van der Waals surface area contributed by atoms with E-state index in [0.29, 0.717) is 12.8 Å². The Morgan fingerprint density at radius 2 is 1.20 bits per heavy atom. The average molecular weight is 629 g/mol. The van der Waals surface area contributed by atoms with Gasteiger partial charge in [-0.25, -0.2) is 0 Å². The SMILES string of the molecule is CC(=O)CCc1ccccc1O.CC(=O)OC[C@H]1O[C@@H](OC(C)=O)[C@H](OC(C)=O)[C@@H](OC(C)=O)[C@H]1OC(C)=O.CCOCC. The van der Waals surface area contributed by atoms with Crippen LogP contribution in [0, 0.1) is 0 Å². The number of carbonyl (C=O) groups excluding carboxylic acids is 6. The van der Waals surface area contributed by atoms with Crippen LogP contribution in [0.4, 0.5) is 0 Å². The summed E-state index contributed by atoms with van der Waals surface area (Å²) >= 11 is 0. The summed E-state index contributed by atoms with van der Waals surface area (Å²) in [6, 6.07) is 7.09. The van der Waals surface area contributed by atoms with Crippen LogP contribution in [0.15, 0.2) is 24.3 Å². The molecule has 1 saturated heterocycles. The smallest absolute Gasteiger partial charge is 0.305 e. The lowest BCUT2D eigenvalue weighted by atomic mass is 9.98. The Morgan fingerprint density at radius 3 is 1.64 bits per heavy atom. The third-order valence-electron chi connectivity index (χ3n) is 5.38. The number of ether oxygens (including phenoxy) is 7. The minimum absolute atomic E-state index is 0.151. The van der Waals surface area contributed by atoms with Crippen molar-refractivity contribution in [2.45, 2.75) is 98.9 Å². The van der Waals surface area contributed by atoms with Crippen LogP contribution >= 0.6 is 0 Å². The van der Waals surface area contributed by atoms with Gasteiger partial charge in [-0.1, -0.05) is 18.2 Å². The number of carbonyl (C=O) groups is 6. The summed E-state index contributed by atoms with van der Waals surface area (Å²) in [5.74, 6) is -3.29. The molecule has 0 aromatic heterocycles. The second kappa shape index (κ2) is 21.6. The molecule has 1 aromatic carbocycles. The van der Waals surface area contributed by atoms with Crippen molar-refractivity contribution in [3.05, 3.63) is 29.8 Å². The molecule has 0 saturated carbocycles. The molecule has 1 N–H and O–H groups in total. The highest BCUT2D eigenvalue weighted by Gasteiger charge is 2.53. The van der Waals surface area contributed by atoms with Gasteiger partial charge in [-0.2, -0.15) is 0 Å². The van der Waals surface area contributed by atoms with Crippen molar-refractivity contribution in [3.8, 4) is 5.75 Å². The first-order chi connectivity index (χ1) is 20.6. The second-order valence-electron chi connectivity index (χ2n) is 9.29. The first kappa shape index (κ1) is 40.0. The van der Waals surface area contributed by atoms with E-state index in [-0.39, 0.29) is 11.5 Å². The minimum Gasteiger partial charge on any atom is -0.508 e. The molecule has 0 amide bonds. The number of aryl methyl sites for hydroxylation is 1. The summed E-state index contributed by atoms with van der Waals surface area (Å²) in [6.07, 6.45) is -5.58. The molecule has 248 valence electrons. The molecule has 1 aromatic rings. The molecule has 2 rings (SSSR count). The molecule has 1 aliphatic rings. The largest absolute Gasteiger partial charge is 0.508 e. The molecule has 1 aliphatic heterocycles. The van der Waals surface area contributed by atoms with Gasteiger partial charge < -0.3 is 43.1 Å². The number of Topliss-reactive ketones (excluding diaryl/α,β-unsaturated/α-hetero) is 1. The number of hydrogen-bond donors (Lipinski definition) is 1. The third-order valence-corrected chi connectivity index (χ3v) is 5.38. The molecule has 0 bridgehead atoms. The lowest BCUT2D eigenvalue weighted by molar-refractivity contribution is -0.300. The predicted octanol–water partition coefficient (Wildman–Crippen LogP) is 2.59. The van der Waals surface area contributed by atoms with Crippen LogP contribution in [0.2, 0.25) is 0 Å². The van der Waals surface area contributed by atoms with E-state index in [2.05, 4.69) is 0 Å². The fourth-order valence-corrected chi connectivity index (χ4v) is 3.68. The van der Waals surface area contributed by atoms with E-state index in [1.54, 1.807) is 19.1 Å². The van der Waals surface area contributed by atoms with E-state index >= 15 is 0 Å². The zero-order chi connectivity index (χ0) is 33.8. The number of esters is 5. The Morgan fingerprint density at radius 1 is 0.705 bits per heavy atom. The molecule has 1 heterocycles. The maximum Gasteiger partial charge on any atom is 0.305 e. The number of hydrogen-bond acceptors (Lipinski definition) is 14. The Balaban J connectivity index is 0.000000888. The molecule has 0 aliphatic carbocycles. The van der Waals surface area contributed by atoms with Gasteiger partial charge in [0.1, 0.15) is 24.2 Å². The molecule has 0 spiro atoms. The van der Waals surface area contributed by atoms with Crippen molar-refractivity contribution < 1.29 is 67.0 Å². The van der Waals surface area contributed by atoms with Crippen molar-refractivity contribution >= 4 is 35.6 Å². The van der Waals surface area contributed by atoms with Gasteiger partial charge in [-0.05, 0) is 38.8 Å². The summed E-state index contributed by atoms with van der Waals surface area (Å²) < 4.78 is 35.6. The monoisotopic (exact) mass is 628 g/mol. The number of aromatic hydroxyl groups is 1. The highest BCUT2D eigenvalue weighted by atomic mass is 16.7. The molecular weight excluding hydrogens is 584 g/mol. The summed E-state index contributed by atoms with van der Waals surface area (Å²) in [6.45, 7) is 12.4. The maximum absolute atomic E-state index is 11.5. The maximum atomic E-state index is 11.5. The van der Waals surface area contributed by atoms with E-state index in [0.717, 1.165) is 53.4 Å². The zero-order valence-electron chi connectivity index (χ0n) is 26.5. The van der Waals surface area contributed by atoms with Gasteiger partial charge in [0.05, 0.1) is 0 Å². The van der Waals surface area contributed by atoms with E-state index < -0.39 is 67.2 Å². The third kappa shape index (κ3) is 17.2. The Kier molecular flexibility index (Phi) is 19.6. The fourth-order valence-electron chi connectivity index (χ4n) is 3.68. The number of ketones is 1. The molecule has 14 heteroatoms. The lowest BCUT2D eigenvalue weighted by Gasteiger charge is -2.43. The Bertz CT molecular complexity index is 1080. The summed E-state index contributed by atoms with van der Waals surface area (Å²) in [5.41, 5.74) is 0.840. The van der Waals surface area contributed by atoms with E-state index in [1.807, 2.05) is 26.0 Å². The summed E-state index contributed by atoms with van der Waals surface area (Å²) in [5, 5.41) is 9.31. The normalized spacial score (nSPS) is 20.2. The molecule has 44 heavy (non-hydrogen) atoms. The van der Waals surface area contributed by atoms with Crippen LogP contribution in [0.1, 0.15) is 67.4 Å². The second-order valence-corrected chi connectivity index (χ2v) is 9.29. The molecule has 5 atom stereocenters. The van der Waals surface area contributed by atoms with Gasteiger partial charge in [0.25, 0.3) is 0 Å². The van der Waals surface area contributed by atoms with Crippen LogP contribution in [0.5, 0.6) is 5.75 Å². The first-order valence-electron chi connectivity index (χ1n) is 13.9. The number of phenolic OH excluding ortho intramolecular Hbond substituents is 1. The molecule has 1 fully saturated rings. The molecule has 0 radical (unpaired) electrons. The topological polar surface area (TPSA) is 187 Å². The van der Waals surface area contributed by atoms with E-state index in [4.69, 9.17) is 33.2 Å². The van der Waals surface area contributed by atoms with Crippen molar-refractivity contribution in [1.29, 1.82) is 0 Å². The van der Waals surface area contributed by atoms with Crippen LogP contribution < -0.4 is 0 Å². The fraction of sp³-hybridized carbons (Fsp3) is 0.600. The van der Waals surface area contributed by atoms with E-state index in [9.17, 15) is 33.9 Å². The molecule has 0 unspecified atom stereocenters. The number of phenols is 1. The quantitative estimate of drug-likeness (QED) is 0.278. The van der Waals surface area contributed by atoms with Gasteiger partial charge in [0.2, 0.25) is 12.4 Å². The van der Waals surface area contributed by atoms with Gasteiger partial charge in [-0.15, -0.1) is 0 Å². The Labute approximate surface area is 257 Å². The van der Waals surface area contributed by atoms with Crippen molar-refractivity contribution in [1.82, 2.24) is 0 Å². The van der Waals surface area contributed by atoms with Gasteiger partial charge in [0, 0.05) is 54.3 Å². The van der Waals surface area contributed by atoms with Crippen LogP contribution in [-0.4, -0.2) is 91.3 Å². The predicted molar refractivity (Wildman–Crippen MR) is 153 cm³/mol. The minimum atomic E-state index is -1.48. The summed E-state index contributed by atoms with van der Waals surface area (Å²) in [4.78, 5) is 67.6. The average Bonchev–Trinajstić information content (AvgIpc) is 2.90. The van der Waals surface area contributed by atoms with Crippen molar-refractivity contribution in [3.63, 3.8) is 0 Å². The number of rotatable bonds is 11. The highest BCUT2D eigenvalue weighted by molar-refractivity contribution is 5.75. The van der Waals surface area contributed by atoms with Gasteiger partial charge in [0.15, 0.2) is 12.2 Å². The first-order valence-corrected chi connectivity index (χ1v) is 13.9. The van der Waals surface area contributed by atoms with Crippen LogP contribution in [-0.2, 0) is 68.3 Å². The van der Waals surface area contributed by atoms with Gasteiger partial charge in [-0.3, -0.25) is 24.0 Å².